The molecule has 1 atom stereocenters. The van der Waals surface area contributed by atoms with Gasteiger partial charge in [0, 0.05) is 38.6 Å². The predicted octanol–water partition coefficient (Wildman–Crippen LogP) is 1.33. The molecule has 0 radical (unpaired) electrons. The third kappa shape index (κ3) is 3.55. The summed E-state index contributed by atoms with van der Waals surface area (Å²) in [5.41, 5.74) is 0.595. The van der Waals surface area contributed by atoms with Crippen LogP contribution >= 0.6 is 0 Å². The van der Waals surface area contributed by atoms with Crippen LogP contribution in [0.2, 0.25) is 0 Å². The molecule has 2 fully saturated rings. The molecule has 1 aromatic carbocycles. The third-order valence-corrected chi connectivity index (χ3v) is 5.12. The molecule has 2 aromatic rings. The molecule has 0 unspecified atom stereocenters. The van der Waals surface area contributed by atoms with Gasteiger partial charge in [-0.05, 0) is 37.3 Å². The van der Waals surface area contributed by atoms with Gasteiger partial charge in [-0.3, -0.25) is 14.5 Å². The molecule has 0 bridgehead atoms. The summed E-state index contributed by atoms with van der Waals surface area (Å²) in [4.78, 5) is 39.6. The van der Waals surface area contributed by atoms with Crippen LogP contribution in [0.3, 0.4) is 0 Å². The summed E-state index contributed by atoms with van der Waals surface area (Å²) in [6.07, 6.45) is 3.67. The van der Waals surface area contributed by atoms with Crippen molar-refractivity contribution in [2.24, 2.45) is 0 Å². The highest BCUT2D eigenvalue weighted by Crippen LogP contribution is 2.28. The number of benzene rings is 1. The van der Waals surface area contributed by atoms with Crippen molar-refractivity contribution < 1.29 is 14.3 Å². The van der Waals surface area contributed by atoms with Crippen molar-refractivity contribution in [3.63, 3.8) is 0 Å². The van der Waals surface area contributed by atoms with Crippen molar-refractivity contribution >= 4 is 23.5 Å². The number of carbonyl (C=O) groups excluding carboxylic acids is 2. The van der Waals surface area contributed by atoms with Crippen LogP contribution in [-0.4, -0.2) is 65.5 Å². The fourth-order valence-electron chi connectivity index (χ4n) is 3.72. The summed E-state index contributed by atoms with van der Waals surface area (Å²) in [5, 5.41) is 0. The van der Waals surface area contributed by atoms with E-state index >= 15 is 0 Å². The van der Waals surface area contributed by atoms with Crippen molar-refractivity contribution in [1.82, 2.24) is 14.9 Å². The van der Waals surface area contributed by atoms with E-state index in [9.17, 15) is 9.59 Å². The lowest BCUT2D eigenvalue weighted by atomic mass is 10.2. The molecule has 8 nitrogen and oxygen atoms in total. The molecule has 0 saturated carbocycles. The summed E-state index contributed by atoms with van der Waals surface area (Å²) < 4.78 is 5.43. The zero-order chi connectivity index (χ0) is 19.5. The molecule has 8 heteroatoms. The van der Waals surface area contributed by atoms with E-state index in [0.29, 0.717) is 31.3 Å². The number of hydrogen-bond acceptors (Lipinski definition) is 7. The zero-order valence-electron chi connectivity index (χ0n) is 15.8. The van der Waals surface area contributed by atoms with E-state index in [-0.39, 0.29) is 18.2 Å². The van der Waals surface area contributed by atoms with Gasteiger partial charge in [-0.15, -0.1) is 0 Å². The summed E-state index contributed by atoms with van der Waals surface area (Å²) in [6.45, 7) is 5.33. The largest absolute Gasteiger partial charge is 0.494 e. The average molecular weight is 381 g/mol. The maximum absolute atomic E-state index is 13.0. The molecule has 2 aliphatic heterocycles. The molecule has 2 amide bonds. The Hall–Kier alpha value is -3.00. The standard InChI is InChI=1S/C20H23N5O3/c1-2-28-16-6-4-15(5-7-16)25-18(26)14-17(19(25)27)23-10-12-24(13-11-23)20-21-8-3-9-22-20/h3-9,17H,2,10-14H2,1H3/t17-/m0/s1. The van der Waals surface area contributed by atoms with Gasteiger partial charge in [0.25, 0.3) is 5.91 Å². The quantitative estimate of drug-likeness (QED) is 0.723. The molecule has 146 valence electrons. The van der Waals surface area contributed by atoms with Gasteiger partial charge in [0.1, 0.15) is 5.75 Å². The molecule has 4 rings (SSSR count). The summed E-state index contributed by atoms with van der Waals surface area (Å²) >= 11 is 0. The number of amides is 2. The lowest BCUT2D eigenvalue weighted by molar-refractivity contribution is -0.123. The molecule has 1 aromatic heterocycles. The normalized spacial score (nSPS) is 20.7. The van der Waals surface area contributed by atoms with E-state index in [2.05, 4.69) is 19.8 Å². The van der Waals surface area contributed by atoms with Crippen LogP contribution in [-0.2, 0) is 9.59 Å². The average Bonchev–Trinajstić information content (AvgIpc) is 3.04. The summed E-state index contributed by atoms with van der Waals surface area (Å²) in [7, 11) is 0. The highest BCUT2D eigenvalue weighted by molar-refractivity contribution is 6.22. The van der Waals surface area contributed by atoms with Crippen molar-refractivity contribution in [2.75, 3.05) is 42.6 Å². The Bertz CT molecular complexity index is 835. The molecule has 2 aliphatic rings. The van der Waals surface area contributed by atoms with Gasteiger partial charge in [0.15, 0.2) is 0 Å². The Morgan fingerprint density at radius 3 is 2.36 bits per heavy atom. The van der Waals surface area contributed by atoms with E-state index in [1.165, 1.54) is 4.90 Å². The van der Waals surface area contributed by atoms with Gasteiger partial charge in [0.2, 0.25) is 11.9 Å². The smallest absolute Gasteiger partial charge is 0.251 e. The van der Waals surface area contributed by atoms with Crippen molar-refractivity contribution in [1.29, 1.82) is 0 Å². The van der Waals surface area contributed by atoms with Crippen LogP contribution in [0.5, 0.6) is 5.75 Å². The first-order valence-electron chi connectivity index (χ1n) is 9.53. The topological polar surface area (TPSA) is 78.9 Å². The Morgan fingerprint density at radius 2 is 1.71 bits per heavy atom. The second-order valence-electron chi connectivity index (χ2n) is 6.79. The van der Waals surface area contributed by atoms with E-state index in [1.54, 1.807) is 42.7 Å². The zero-order valence-corrected chi connectivity index (χ0v) is 15.8. The van der Waals surface area contributed by atoms with Crippen LogP contribution < -0.4 is 14.5 Å². The highest BCUT2D eigenvalue weighted by Gasteiger charge is 2.43. The predicted molar refractivity (Wildman–Crippen MR) is 104 cm³/mol. The van der Waals surface area contributed by atoms with Gasteiger partial charge in [-0.25, -0.2) is 14.9 Å². The fourth-order valence-corrected chi connectivity index (χ4v) is 3.72. The number of nitrogens with zero attached hydrogens (tertiary/aromatic N) is 5. The number of anilines is 2. The fraction of sp³-hybridized carbons (Fsp3) is 0.400. The first kappa shape index (κ1) is 18.4. The number of aromatic nitrogens is 2. The van der Waals surface area contributed by atoms with E-state index in [1.807, 2.05) is 6.92 Å². The molecule has 0 aliphatic carbocycles. The van der Waals surface area contributed by atoms with Crippen LogP contribution in [0.4, 0.5) is 11.6 Å². The molecule has 0 N–H and O–H groups in total. The molecular formula is C20H23N5O3. The molecule has 3 heterocycles. The first-order chi connectivity index (χ1) is 13.7. The number of rotatable bonds is 5. The second-order valence-corrected chi connectivity index (χ2v) is 6.79. The summed E-state index contributed by atoms with van der Waals surface area (Å²) in [5.74, 6) is 1.11. The first-order valence-corrected chi connectivity index (χ1v) is 9.53. The number of carbonyl (C=O) groups is 2. The molecule has 2 saturated heterocycles. The lowest BCUT2D eigenvalue weighted by Crippen LogP contribution is -2.53. The molecular weight excluding hydrogens is 358 g/mol. The maximum Gasteiger partial charge on any atom is 0.251 e. The van der Waals surface area contributed by atoms with Gasteiger partial charge < -0.3 is 9.64 Å². The second kappa shape index (κ2) is 7.93. The Balaban J connectivity index is 1.41. The minimum atomic E-state index is -0.405. The number of hydrogen-bond donors (Lipinski definition) is 0. The van der Waals surface area contributed by atoms with E-state index < -0.39 is 6.04 Å². The van der Waals surface area contributed by atoms with Crippen LogP contribution in [0.15, 0.2) is 42.7 Å². The van der Waals surface area contributed by atoms with Gasteiger partial charge in [0.05, 0.1) is 24.8 Å². The highest BCUT2D eigenvalue weighted by atomic mass is 16.5. The van der Waals surface area contributed by atoms with Crippen LogP contribution in [0.25, 0.3) is 0 Å². The minimum absolute atomic E-state index is 0.154. The van der Waals surface area contributed by atoms with Crippen LogP contribution in [0, 0.1) is 0 Å². The Labute approximate surface area is 163 Å². The number of imide groups is 1. The number of ether oxygens (including phenoxy) is 1. The Morgan fingerprint density at radius 1 is 1.04 bits per heavy atom. The van der Waals surface area contributed by atoms with E-state index in [4.69, 9.17) is 4.74 Å². The SMILES string of the molecule is CCOc1ccc(N2C(=O)C[C@H](N3CCN(c4ncccn4)CC3)C2=O)cc1. The van der Waals surface area contributed by atoms with Gasteiger partial charge in [-0.2, -0.15) is 0 Å². The van der Waals surface area contributed by atoms with Gasteiger partial charge in [-0.1, -0.05) is 0 Å². The summed E-state index contributed by atoms with van der Waals surface area (Å²) in [6, 6.07) is 8.47. The number of piperazine rings is 1. The minimum Gasteiger partial charge on any atom is -0.494 e. The van der Waals surface area contributed by atoms with Crippen molar-refractivity contribution in [2.45, 2.75) is 19.4 Å². The van der Waals surface area contributed by atoms with Gasteiger partial charge >= 0.3 is 0 Å². The third-order valence-electron chi connectivity index (χ3n) is 5.12. The Kier molecular flexibility index (Phi) is 5.21. The van der Waals surface area contributed by atoms with E-state index in [0.717, 1.165) is 18.8 Å². The molecule has 28 heavy (non-hydrogen) atoms. The monoisotopic (exact) mass is 381 g/mol. The molecule has 0 spiro atoms. The maximum atomic E-state index is 13.0. The van der Waals surface area contributed by atoms with Crippen molar-refractivity contribution in [3.8, 4) is 5.75 Å². The van der Waals surface area contributed by atoms with Crippen LogP contribution in [0.1, 0.15) is 13.3 Å². The van der Waals surface area contributed by atoms with Crippen molar-refractivity contribution in [3.05, 3.63) is 42.7 Å². The lowest BCUT2D eigenvalue weighted by Gasteiger charge is -2.36.